The van der Waals surface area contributed by atoms with Crippen molar-refractivity contribution in [3.05, 3.63) is 106 Å². The highest BCUT2D eigenvalue weighted by Gasteiger charge is 2.48. The third-order valence-electron chi connectivity index (χ3n) is 15.8. The fourth-order valence-corrected chi connectivity index (χ4v) is 12.2. The van der Waals surface area contributed by atoms with Gasteiger partial charge in [-0.25, -0.2) is 18.1 Å². The Balaban J connectivity index is 0.000000198. The van der Waals surface area contributed by atoms with E-state index in [-0.39, 0.29) is 51.7 Å². The van der Waals surface area contributed by atoms with Gasteiger partial charge in [0.05, 0.1) is 48.0 Å². The van der Waals surface area contributed by atoms with Gasteiger partial charge < -0.3 is 14.0 Å². The lowest BCUT2D eigenvalue weighted by molar-refractivity contribution is 0.0839. The highest BCUT2D eigenvalue weighted by atomic mass is 32.2. The number of fused-ring (bicyclic) bond motifs is 4. The molecule has 4 atom stereocenters. The van der Waals surface area contributed by atoms with E-state index in [1.165, 1.54) is 41.0 Å². The fraction of sp³-hybridized carbons (Fsp3) is 0.569. The molecular formula is C51H72F2N4O6SSi2. The number of aliphatic hydroxyl groups is 1. The van der Waals surface area contributed by atoms with E-state index in [9.17, 15) is 22.3 Å². The molecule has 0 saturated heterocycles. The standard InChI is InChI=1S/C26H37FN2O4SSi.C25H35FN2O2Si/c1-25(2,3)35(5,6)33-18-26-14-19(17-32-34(4,30)31)7-8-21(26)13-24-20(15-26)16-28-29(24)23-11-9-22(27)10-12-23;1-24(2,3)31(4,5)30-17-25-13-18(16-29)6-7-20(25)12-23-19(14-25)15-27-28(23)22-10-8-21(26)9-11-22/h9-13,16,19H,7-8,14-15,17-18H2,1-6H3;8-12,15,18,29H,6-7,13-14,16-17H2,1-5H3/t19-,26-;18-,25-/m00/s1. The van der Waals surface area contributed by atoms with E-state index in [2.05, 4.69) is 90.1 Å². The van der Waals surface area contributed by atoms with Gasteiger partial charge in [0.2, 0.25) is 0 Å². The Hall–Kier alpha value is -3.58. The summed E-state index contributed by atoms with van der Waals surface area (Å²) >= 11 is 0. The first-order valence-electron chi connectivity index (χ1n) is 23.5. The van der Waals surface area contributed by atoms with Crippen LogP contribution in [0.2, 0.25) is 36.3 Å². The van der Waals surface area contributed by atoms with Crippen LogP contribution in [0.25, 0.3) is 23.5 Å². The van der Waals surface area contributed by atoms with Crippen LogP contribution in [-0.4, -0.2) is 82.4 Å². The maximum Gasteiger partial charge on any atom is 0.264 e. The first-order chi connectivity index (χ1) is 30.7. The first-order valence-corrected chi connectivity index (χ1v) is 31.2. The number of nitrogens with zero attached hydrogens (tertiary/aromatic N) is 4. The average Bonchev–Trinajstić information content (AvgIpc) is 3.85. The lowest BCUT2D eigenvalue weighted by Gasteiger charge is -2.47. The van der Waals surface area contributed by atoms with Crippen molar-refractivity contribution in [3.8, 4) is 11.4 Å². The van der Waals surface area contributed by atoms with Crippen LogP contribution in [0.3, 0.4) is 0 Å². The normalized spacial score (nSPS) is 23.4. The average molecular weight is 963 g/mol. The van der Waals surface area contributed by atoms with E-state index in [0.717, 1.165) is 85.9 Å². The van der Waals surface area contributed by atoms with E-state index >= 15 is 0 Å². The zero-order valence-electron chi connectivity index (χ0n) is 41.0. The number of hydrogen-bond acceptors (Lipinski definition) is 8. The summed E-state index contributed by atoms with van der Waals surface area (Å²) in [6, 6.07) is 12.9. The molecule has 8 rings (SSSR count). The molecule has 0 amide bonds. The molecule has 1 N–H and O–H groups in total. The van der Waals surface area contributed by atoms with Crippen molar-refractivity contribution in [1.29, 1.82) is 0 Å². The molecule has 4 aromatic rings. The Kier molecular flexibility index (Phi) is 14.3. The Bertz CT molecular complexity index is 2540. The highest BCUT2D eigenvalue weighted by Crippen LogP contribution is 2.53. The first kappa shape index (κ1) is 50.3. The maximum absolute atomic E-state index is 13.5. The summed E-state index contributed by atoms with van der Waals surface area (Å²) in [4.78, 5) is 0. The SMILES string of the molecule is CC(C)(C)[Si](C)(C)OC[C@]12Cc3cnn(-c4ccc(F)cc4)c3C=C1CC[C@H](CO)C2.CC(C)(C)[Si](C)(C)OC[C@]12Cc3cnn(-c4ccc(F)cc4)c3C=C1CC[C@H](COS(C)(=O)=O)C2. The Morgan fingerprint density at radius 1 is 0.697 bits per heavy atom. The summed E-state index contributed by atoms with van der Waals surface area (Å²) < 4.78 is 72.7. The quantitative estimate of drug-likeness (QED) is 0.110. The van der Waals surface area contributed by atoms with Gasteiger partial charge in [-0.2, -0.15) is 18.6 Å². The van der Waals surface area contributed by atoms with Gasteiger partial charge in [0.25, 0.3) is 10.1 Å². The van der Waals surface area contributed by atoms with Gasteiger partial charge in [-0.1, -0.05) is 52.7 Å². The molecule has 66 heavy (non-hydrogen) atoms. The zero-order chi connectivity index (χ0) is 48.1. The maximum atomic E-state index is 13.5. The zero-order valence-corrected chi connectivity index (χ0v) is 43.8. The highest BCUT2D eigenvalue weighted by molar-refractivity contribution is 7.85. The van der Waals surface area contributed by atoms with Crippen molar-refractivity contribution in [2.75, 3.05) is 32.7 Å². The molecule has 0 spiro atoms. The van der Waals surface area contributed by atoms with Crippen LogP contribution in [0.1, 0.15) is 103 Å². The number of rotatable bonds is 12. The van der Waals surface area contributed by atoms with Gasteiger partial charge in [0.15, 0.2) is 16.6 Å². The van der Waals surface area contributed by atoms with Gasteiger partial charge in [-0.3, -0.25) is 4.18 Å². The molecule has 2 aromatic heterocycles. The van der Waals surface area contributed by atoms with E-state index < -0.39 is 26.8 Å². The third kappa shape index (κ3) is 10.8. The molecule has 2 heterocycles. The fourth-order valence-electron chi connectivity index (χ4n) is 9.64. The second-order valence-corrected chi connectivity index (χ2v) is 33.9. The molecule has 2 saturated carbocycles. The summed E-state index contributed by atoms with van der Waals surface area (Å²) in [6.07, 6.45) is 16.6. The number of aromatic nitrogens is 4. The summed E-state index contributed by atoms with van der Waals surface area (Å²) in [5.41, 5.74) is 8.57. The molecular weight excluding hydrogens is 891 g/mol. The molecule has 0 aliphatic heterocycles. The van der Waals surface area contributed by atoms with Crippen LogP contribution >= 0.6 is 0 Å². The van der Waals surface area contributed by atoms with Gasteiger partial charge >= 0.3 is 0 Å². The molecule has 10 nitrogen and oxygen atoms in total. The van der Waals surface area contributed by atoms with Crippen LogP contribution in [0.5, 0.6) is 0 Å². The lowest BCUT2D eigenvalue weighted by atomic mass is 9.62. The molecule has 360 valence electrons. The summed E-state index contributed by atoms with van der Waals surface area (Å²) in [5.74, 6) is -0.0655. The number of benzene rings is 2. The molecule has 2 fully saturated rings. The molecule has 4 aliphatic carbocycles. The molecule has 15 heteroatoms. The largest absolute Gasteiger partial charge is 0.416 e. The molecule has 4 aliphatic rings. The van der Waals surface area contributed by atoms with Gasteiger partial charge in [0, 0.05) is 30.7 Å². The monoisotopic (exact) mass is 962 g/mol. The van der Waals surface area contributed by atoms with Gasteiger partial charge in [-0.05, 0) is 171 Å². The van der Waals surface area contributed by atoms with Crippen molar-refractivity contribution in [1.82, 2.24) is 19.6 Å². The van der Waals surface area contributed by atoms with Gasteiger partial charge in [0.1, 0.15) is 11.6 Å². The molecule has 0 bridgehead atoms. The summed E-state index contributed by atoms with van der Waals surface area (Å²) in [5, 5.41) is 19.5. The van der Waals surface area contributed by atoms with Crippen LogP contribution in [-0.2, 0) is 36.0 Å². The second kappa shape index (κ2) is 18.7. The Morgan fingerprint density at radius 3 is 1.47 bits per heavy atom. The van der Waals surface area contributed by atoms with Crippen LogP contribution in [0, 0.1) is 34.3 Å². The minimum Gasteiger partial charge on any atom is -0.416 e. The lowest BCUT2D eigenvalue weighted by Crippen LogP contribution is -2.47. The summed E-state index contributed by atoms with van der Waals surface area (Å²) in [6.45, 7) is 24.4. The topological polar surface area (TPSA) is 118 Å². The van der Waals surface area contributed by atoms with Crippen LogP contribution < -0.4 is 0 Å². The second-order valence-electron chi connectivity index (χ2n) is 22.6. The Labute approximate surface area is 394 Å². The van der Waals surface area contributed by atoms with Crippen molar-refractivity contribution >= 4 is 38.9 Å². The molecule has 0 radical (unpaired) electrons. The van der Waals surface area contributed by atoms with E-state index in [4.69, 9.17) is 13.0 Å². The number of aliphatic hydroxyl groups excluding tert-OH is 1. The Morgan fingerprint density at radius 2 is 1.09 bits per heavy atom. The molecule has 0 unspecified atom stereocenters. The van der Waals surface area contributed by atoms with Crippen molar-refractivity contribution < 1.29 is 35.3 Å². The minimum absolute atomic E-state index is 0.0785. The molecule has 2 aromatic carbocycles. The van der Waals surface area contributed by atoms with Crippen molar-refractivity contribution in [2.24, 2.45) is 22.7 Å². The van der Waals surface area contributed by atoms with E-state index in [1.54, 1.807) is 24.3 Å². The van der Waals surface area contributed by atoms with Crippen molar-refractivity contribution in [2.45, 2.75) is 129 Å². The predicted molar refractivity (Wildman–Crippen MR) is 264 cm³/mol. The number of halogens is 2. The van der Waals surface area contributed by atoms with Crippen LogP contribution in [0.4, 0.5) is 8.78 Å². The van der Waals surface area contributed by atoms with E-state index in [0.29, 0.717) is 19.1 Å². The summed E-state index contributed by atoms with van der Waals surface area (Å²) in [7, 11) is -7.37. The van der Waals surface area contributed by atoms with Gasteiger partial charge in [-0.15, -0.1) is 0 Å². The third-order valence-corrected chi connectivity index (χ3v) is 25.3. The smallest absolute Gasteiger partial charge is 0.264 e. The predicted octanol–water partition coefficient (Wildman–Crippen LogP) is 11.5. The minimum atomic E-state index is -3.49. The number of hydrogen-bond donors (Lipinski definition) is 1. The van der Waals surface area contributed by atoms with E-state index in [1.807, 2.05) is 21.8 Å². The van der Waals surface area contributed by atoms with Crippen LogP contribution in [0.15, 0.2) is 72.1 Å². The van der Waals surface area contributed by atoms with Crippen molar-refractivity contribution in [3.63, 3.8) is 0 Å².